The molecule has 0 saturated carbocycles. The van der Waals surface area contributed by atoms with Gasteiger partial charge in [0, 0.05) is 18.5 Å². The molecule has 1 atom stereocenters. The number of carbonyl (C=O) groups excluding carboxylic acids is 3. The average molecular weight is 534 g/mol. The normalized spacial score (nSPS) is 18.5. The molecule has 37 heavy (non-hydrogen) atoms. The predicted octanol–water partition coefficient (Wildman–Crippen LogP) is 4.27. The Bertz CT molecular complexity index is 974. The number of fused-ring (bicyclic) bond motifs is 1. The minimum Gasteiger partial charge on any atom is -0.460 e. The van der Waals surface area contributed by atoms with Crippen molar-refractivity contribution in [2.24, 2.45) is 5.73 Å². The number of hydrogen-bond acceptors (Lipinski definition) is 5. The van der Waals surface area contributed by atoms with E-state index in [0.29, 0.717) is 18.0 Å². The zero-order chi connectivity index (χ0) is 27.4. The molecule has 1 aromatic rings. The van der Waals surface area contributed by atoms with Crippen molar-refractivity contribution in [1.29, 1.82) is 0 Å². The highest BCUT2D eigenvalue weighted by atomic mass is 32.3. The van der Waals surface area contributed by atoms with Crippen molar-refractivity contribution in [3.63, 3.8) is 0 Å². The topological polar surface area (TPSA) is 92.9 Å². The fourth-order valence-electron chi connectivity index (χ4n) is 5.33. The number of primary amides is 1. The van der Waals surface area contributed by atoms with Crippen LogP contribution in [0.15, 0.2) is 18.2 Å². The van der Waals surface area contributed by atoms with Gasteiger partial charge in [-0.25, -0.2) is 10.0 Å². The van der Waals surface area contributed by atoms with Gasteiger partial charge in [-0.1, -0.05) is 12.1 Å². The lowest BCUT2D eigenvalue weighted by molar-refractivity contribution is -0.155. The second-order valence-electron chi connectivity index (χ2n) is 12.5. The molecule has 1 saturated heterocycles. The first kappa shape index (κ1) is 29.5. The first-order valence-electron chi connectivity index (χ1n) is 13.6. The molecule has 2 heterocycles. The largest absolute Gasteiger partial charge is 0.460 e. The Balaban J connectivity index is 1.55. The Morgan fingerprint density at radius 1 is 1.14 bits per heavy atom. The van der Waals surface area contributed by atoms with Crippen LogP contribution in [0.5, 0.6) is 0 Å². The van der Waals surface area contributed by atoms with Crippen molar-refractivity contribution >= 4 is 27.8 Å². The van der Waals surface area contributed by atoms with Gasteiger partial charge in [0.05, 0.1) is 0 Å². The molecule has 0 spiro atoms. The van der Waals surface area contributed by atoms with E-state index in [1.807, 2.05) is 6.07 Å². The third kappa shape index (κ3) is 8.74. The number of unbranched alkanes of at least 4 members (excludes halogenated alkanes) is 1. The Hall–Kier alpha value is -2.06. The van der Waals surface area contributed by atoms with Crippen molar-refractivity contribution in [3.05, 3.63) is 34.9 Å². The van der Waals surface area contributed by atoms with Gasteiger partial charge >= 0.3 is 5.97 Å². The molecule has 2 aliphatic heterocycles. The van der Waals surface area contributed by atoms with Gasteiger partial charge in [0.1, 0.15) is 11.6 Å². The highest BCUT2D eigenvalue weighted by Gasteiger charge is 2.36. The second kappa shape index (κ2) is 12.2. The van der Waals surface area contributed by atoms with Crippen LogP contribution in [0.3, 0.4) is 0 Å². The molecule has 0 aromatic heterocycles. The van der Waals surface area contributed by atoms with Crippen molar-refractivity contribution in [1.82, 2.24) is 9.80 Å². The fourth-order valence-corrected chi connectivity index (χ4v) is 6.40. The van der Waals surface area contributed by atoms with Crippen LogP contribution in [0.4, 0.5) is 0 Å². The first-order chi connectivity index (χ1) is 17.2. The molecular formula is C29H47N3O4S. The highest BCUT2D eigenvalue weighted by Crippen LogP contribution is 2.36. The minimum absolute atomic E-state index is 0.0339. The monoisotopic (exact) mass is 533 g/mol. The maximum atomic E-state index is 13.1. The Morgan fingerprint density at radius 3 is 2.41 bits per heavy atom. The van der Waals surface area contributed by atoms with Crippen LogP contribution >= 0.6 is 10.0 Å². The van der Waals surface area contributed by atoms with Gasteiger partial charge in [-0.2, -0.15) is 0 Å². The number of nitrogens with zero attached hydrogens (tertiary/aromatic N) is 2. The van der Waals surface area contributed by atoms with Crippen molar-refractivity contribution in [3.8, 4) is 0 Å². The van der Waals surface area contributed by atoms with Gasteiger partial charge in [0.15, 0.2) is 0 Å². The van der Waals surface area contributed by atoms with E-state index in [1.165, 1.54) is 35.6 Å². The molecule has 2 N–H and O–H groups in total. The van der Waals surface area contributed by atoms with Gasteiger partial charge in [-0.05, 0) is 120 Å². The van der Waals surface area contributed by atoms with Gasteiger partial charge < -0.3 is 20.3 Å². The van der Waals surface area contributed by atoms with Gasteiger partial charge in [0.2, 0.25) is 5.91 Å². The van der Waals surface area contributed by atoms with E-state index in [2.05, 4.69) is 35.8 Å². The fraction of sp³-hybridized carbons (Fsp3) is 0.690. The zero-order valence-corrected chi connectivity index (χ0v) is 24.5. The number of piperidine rings is 1. The van der Waals surface area contributed by atoms with Crippen LogP contribution in [0, 0.1) is 0 Å². The molecule has 1 fully saturated rings. The van der Waals surface area contributed by atoms with Crippen molar-refractivity contribution < 1.29 is 19.1 Å². The molecule has 0 bridgehead atoms. The smallest absolute Gasteiger partial charge is 0.306 e. The number of hydrogen-bond donors (Lipinski definition) is 1. The van der Waals surface area contributed by atoms with E-state index in [0.717, 1.165) is 31.5 Å². The summed E-state index contributed by atoms with van der Waals surface area (Å²) in [5.41, 5.74) is 7.91. The van der Waals surface area contributed by atoms with Crippen LogP contribution in [-0.4, -0.2) is 83.4 Å². The SMILES string of the molecule is CC(C)(C)OC(=O)CCC(C(N)=O)N1Cc2cc(C3CCN(CCCCS(C)(C)C)CC3)ccc2C1=O. The predicted molar refractivity (Wildman–Crippen MR) is 152 cm³/mol. The molecule has 7 nitrogen and oxygen atoms in total. The summed E-state index contributed by atoms with van der Waals surface area (Å²) in [7, 11) is -0.401. The van der Waals surface area contributed by atoms with Gasteiger partial charge in [-0.3, -0.25) is 14.4 Å². The molecule has 2 amide bonds. The maximum absolute atomic E-state index is 13.1. The average Bonchev–Trinajstić information content (AvgIpc) is 3.11. The second-order valence-corrected chi connectivity index (χ2v) is 17.1. The quantitative estimate of drug-likeness (QED) is 0.339. The van der Waals surface area contributed by atoms with E-state index in [1.54, 1.807) is 20.8 Å². The zero-order valence-electron chi connectivity index (χ0n) is 23.7. The van der Waals surface area contributed by atoms with Crippen molar-refractivity contribution in [2.45, 2.75) is 83.4 Å². The van der Waals surface area contributed by atoms with Gasteiger partial charge in [0.25, 0.3) is 5.91 Å². The summed E-state index contributed by atoms with van der Waals surface area (Å²) < 4.78 is 5.35. The van der Waals surface area contributed by atoms with Crippen molar-refractivity contribution in [2.75, 3.05) is 44.2 Å². The van der Waals surface area contributed by atoms with Crippen LogP contribution in [-0.2, 0) is 20.9 Å². The number of esters is 1. The number of nitrogens with two attached hydrogens (primary N) is 1. The summed E-state index contributed by atoms with van der Waals surface area (Å²) in [6, 6.07) is 5.29. The number of amides is 2. The molecule has 2 aliphatic rings. The third-order valence-electron chi connectivity index (χ3n) is 7.25. The van der Waals surface area contributed by atoms with E-state index < -0.39 is 33.5 Å². The maximum Gasteiger partial charge on any atom is 0.306 e. The lowest BCUT2D eigenvalue weighted by Gasteiger charge is -2.33. The molecule has 1 unspecified atom stereocenters. The molecule has 1 aromatic carbocycles. The lowest BCUT2D eigenvalue weighted by atomic mass is 9.88. The van der Waals surface area contributed by atoms with E-state index in [-0.39, 0.29) is 18.7 Å². The Morgan fingerprint density at radius 2 is 1.81 bits per heavy atom. The van der Waals surface area contributed by atoms with Crippen LogP contribution in [0.1, 0.15) is 86.7 Å². The summed E-state index contributed by atoms with van der Waals surface area (Å²) in [6.07, 6.45) is 12.2. The third-order valence-corrected chi connectivity index (χ3v) is 8.76. The molecule has 0 radical (unpaired) electrons. The number of carbonyl (C=O) groups is 3. The number of ether oxygens (including phenoxy) is 1. The summed E-state index contributed by atoms with van der Waals surface area (Å²) in [5.74, 6) is 0.657. The van der Waals surface area contributed by atoms with E-state index in [4.69, 9.17) is 10.5 Å². The standard InChI is InChI=1S/C29H47N3O4S/c1-29(2,3)36-26(33)12-11-25(27(30)34)32-20-23-19-22(9-10-24(23)28(32)35)21-13-16-31(17-14-21)15-7-8-18-37(4,5)6/h9-10,19,21,25H,7-8,11-18,20H2,1-6H3,(H2,30,34). The molecular weight excluding hydrogens is 486 g/mol. The molecule has 208 valence electrons. The van der Waals surface area contributed by atoms with Crippen LogP contribution in [0.25, 0.3) is 0 Å². The van der Waals surface area contributed by atoms with Crippen LogP contribution in [0.2, 0.25) is 0 Å². The lowest BCUT2D eigenvalue weighted by Crippen LogP contribution is -2.45. The number of rotatable bonds is 11. The Kier molecular flexibility index (Phi) is 9.73. The first-order valence-corrected chi connectivity index (χ1v) is 16.6. The molecule has 8 heteroatoms. The minimum atomic E-state index is -0.834. The molecule has 3 rings (SSSR count). The highest BCUT2D eigenvalue weighted by molar-refractivity contribution is 8.32. The van der Waals surface area contributed by atoms with Gasteiger partial charge in [-0.15, -0.1) is 0 Å². The summed E-state index contributed by atoms with van der Waals surface area (Å²) >= 11 is 0. The van der Waals surface area contributed by atoms with Crippen LogP contribution < -0.4 is 5.73 Å². The van der Waals surface area contributed by atoms with E-state index in [9.17, 15) is 14.4 Å². The number of benzene rings is 1. The molecule has 0 aliphatic carbocycles. The van der Waals surface area contributed by atoms with E-state index >= 15 is 0 Å². The summed E-state index contributed by atoms with van der Waals surface area (Å²) in [6.45, 7) is 9.16. The number of likely N-dealkylation sites (tertiary alicyclic amines) is 1. The summed E-state index contributed by atoms with van der Waals surface area (Å²) in [4.78, 5) is 41.7. The summed E-state index contributed by atoms with van der Waals surface area (Å²) in [5, 5.41) is 0. The Labute approximate surface area is 224 Å².